The maximum atomic E-state index is 12.6. The van der Waals surface area contributed by atoms with Crippen LogP contribution in [-0.2, 0) is 16.6 Å². The monoisotopic (exact) mass is 373 g/mol. The van der Waals surface area contributed by atoms with Gasteiger partial charge in [-0.25, -0.2) is 18.1 Å². The van der Waals surface area contributed by atoms with Crippen molar-refractivity contribution in [2.45, 2.75) is 18.4 Å². The van der Waals surface area contributed by atoms with Crippen molar-refractivity contribution in [3.8, 4) is 11.3 Å². The Kier molecular flexibility index (Phi) is 4.83. The van der Waals surface area contributed by atoms with Crippen molar-refractivity contribution >= 4 is 15.7 Å². The van der Waals surface area contributed by atoms with Gasteiger partial charge < -0.3 is 4.42 Å². The van der Waals surface area contributed by atoms with Crippen LogP contribution in [0, 0.1) is 17.0 Å². The molecule has 0 saturated carbocycles. The van der Waals surface area contributed by atoms with Crippen molar-refractivity contribution in [2.75, 3.05) is 0 Å². The maximum Gasteiger partial charge on any atom is 0.289 e. The summed E-state index contributed by atoms with van der Waals surface area (Å²) in [5.74, 6) is 0.438. The van der Waals surface area contributed by atoms with Crippen LogP contribution < -0.4 is 4.72 Å². The number of aromatic nitrogens is 1. The quantitative estimate of drug-likeness (QED) is 0.524. The fourth-order valence-electron chi connectivity index (χ4n) is 2.59. The lowest BCUT2D eigenvalue weighted by atomic mass is 10.1. The molecule has 0 aliphatic carbocycles. The van der Waals surface area contributed by atoms with Crippen molar-refractivity contribution < 1.29 is 17.8 Å². The van der Waals surface area contributed by atoms with Crippen LogP contribution in [0.2, 0.25) is 0 Å². The predicted molar refractivity (Wildman–Crippen MR) is 93.8 cm³/mol. The zero-order chi connectivity index (χ0) is 18.7. The van der Waals surface area contributed by atoms with E-state index in [-0.39, 0.29) is 17.0 Å². The summed E-state index contributed by atoms with van der Waals surface area (Å²) in [5, 5.41) is 11.2. The van der Waals surface area contributed by atoms with Gasteiger partial charge in [0, 0.05) is 11.6 Å². The molecule has 0 radical (unpaired) electrons. The van der Waals surface area contributed by atoms with Crippen LogP contribution in [0.15, 0.2) is 64.2 Å². The van der Waals surface area contributed by atoms with E-state index in [2.05, 4.69) is 9.71 Å². The van der Waals surface area contributed by atoms with E-state index in [1.54, 1.807) is 0 Å². The second kappa shape index (κ2) is 7.06. The molecule has 3 aromatic rings. The van der Waals surface area contributed by atoms with Gasteiger partial charge in [-0.05, 0) is 12.5 Å². The number of nitrogens with zero attached hydrogens (tertiary/aromatic N) is 2. The highest BCUT2D eigenvalue weighted by Crippen LogP contribution is 2.28. The van der Waals surface area contributed by atoms with Gasteiger partial charge in [0.15, 0.2) is 17.0 Å². The minimum atomic E-state index is -4.11. The van der Waals surface area contributed by atoms with E-state index < -0.39 is 20.6 Å². The van der Waals surface area contributed by atoms with Gasteiger partial charge in [0.25, 0.3) is 5.69 Å². The average molecular weight is 373 g/mol. The Bertz CT molecular complexity index is 1050. The average Bonchev–Trinajstić information content (AvgIpc) is 3.09. The molecular weight excluding hydrogens is 358 g/mol. The van der Waals surface area contributed by atoms with E-state index in [1.165, 1.54) is 25.5 Å². The van der Waals surface area contributed by atoms with E-state index in [4.69, 9.17) is 4.42 Å². The highest BCUT2D eigenvalue weighted by molar-refractivity contribution is 7.89. The van der Waals surface area contributed by atoms with Gasteiger partial charge in [-0.3, -0.25) is 10.1 Å². The molecule has 0 spiro atoms. The summed E-state index contributed by atoms with van der Waals surface area (Å²) in [4.78, 5) is 14.2. The molecule has 0 unspecified atom stereocenters. The second-order valence-electron chi connectivity index (χ2n) is 5.50. The number of nitro benzene ring substituents is 1. The Morgan fingerprint density at radius 2 is 1.88 bits per heavy atom. The van der Waals surface area contributed by atoms with Crippen LogP contribution in [0.25, 0.3) is 11.3 Å². The number of oxazole rings is 1. The second-order valence-corrected chi connectivity index (χ2v) is 7.20. The molecule has 9 heteroatoms. The van der Waals surface area contributed by atoms with Crippen LogP contribution in [0.3, 0.4) is 0 Å². The number of nitrogens with one attached hydrogen (secondary N) is 1. The number of hydrogen-bond donors (Lipinski definition) is 1. The summed E-state index contributed by atoms with van der Waals surface area (Å²) in [6.45, 7) is 1.35. The normalized spacial score (nSPS) is 11.4. The minimum Gasteiger partial charge on any atom is -0.443 e. The lowest BCUT2D eigenvalue weighted by molar-refractivity contribution is -0.387. The Morgan fingerprint density at radius 3 is 2.58 bits per heavy atom. The van der Waals surface area contributed by atoms with E-state index in [1.807, 2.05) is 30.3 Å². The van der Waals surface area contributed by atoms with Crippen LogP contribution in [-0.4, -0.2) is 18.3 Å². The number of nitro groups is 1. The SMILES string of the molecule is Cc1cccc([N+](=O)[O-])c1S(=O)(=O)NCc1ncoc1-c1ccccc1. The fraction of sp³-hybridized carbons (Fsp3) is 0.118. The Hall–Kier alpha value is -3.04. The lowest BCUT2D eigenvalue weighted by Crippen LogP contribution is -2.25. The number of hydrogen-bond acceptors (Lipinski definition) is 6. The van der Waals surface area contributed by atoms with E-state index in [0.717, 1.165) is 11.6 Å². The van der Waals surface area contributed by atoms with Crippen LogP contribution >= 0.6 is 0 Å². The number of rotatable bonds is 6. The highest BCUT2D eigenvalue weighted by Gasteiger charge is 2.28. The molecule has 1 aromatic heterocycles. The van der Waals surface area contributed by atoms with Crippen molar-refractivity contribution in [1.29, 1.82) is 0 Å². The van der Waals surface area contributed by atoms with Crippen LogP contribution in [0.1, 0.15) is 11.3 Å². The summed E-state index contributed by atoms with van der Waals surface area (Å²) in [6, 6.07) is 13.2. The third-order valence-electron chi connectivity index (χ3n) is 3.76. The molecule has 0 bridgehead atoms. The maximum absolute atomic E-state index is 12.6. The Balaban J connectivity index is 1.90. The van der Waals surface area contributed by atoms with Crippen LogP contribution in [0.5, 0.6) is 0 Å². The van der Waals surface area contributed by atoms with Crippen molar-refractivity contribution in [1.82, 2.24) is 9.71 Å². The molecule has 0 atom stereocenters. The van der Waals surface area contributed by atoms with Crippen molar-refractivity contribution in [2.24, 2.45) is 0 Å². The summed E-state index contributed by atoms with van der Waals surface area (Å²) in [6.07, 6.45) is 1.22. The van der Waals surface area contributed by atoms with Gasteiger partial charge in [0.1, 0.15) is 5.69 Å². The molecule has 0 fully saturated rings. The third kappa shape index (κ3) is 3.48. The summed E-state index contributed by atoms with van der Waals surface area (Å²) in [5.41, 5.74) is 0.952. The minimum absolute atomic E-state index is 0.158. The van der Waals surface area contributed by atoms with Crippen LogP contribution in [0.4, 0.5) is 5.69 Å². The Labute approximate surface area is 149 Å². The lowest BCUT2D eigenvalue weighted by Gasteiger charge is -2.09. The molecule has 1 N–H and O–H groups in total. The summed E-state index contributed by atoms with van der Waals surface area (Å²) >= 11 is 0. The standard InChI is InChI=1S/C17H15N3O5S/c1-12-6-5-9-15(20(21)22)17(12)26(23,24)19-10-14-16(25-11-18-14)13-7-3-2-4-8-13/h2-9,11,19H,10H2,1H3. The summed E-state index contributed by atoms with van der Waals surface area (Å²) in [7, 11) is -4.11. The first-order valence-electron chi connectivity index (χ1n) is 7.61. The van der Waals surface area contributed by atoms with Gasteiger partial charge in [-0.1, -0.05) is 42.5 Å². The van der Waals surface area contributed by atoms with E-state index in [0.29, 0.717) is 11.5 Å². The van der Waals surface area contributed by atoms with Gasteiger partial charge >= 0.3 is 0 Å². The molecule has 0 aliphatic heterocycles. The zero-order valence-corrected chi connectivity index (χ0v) is 14.6. The Morgan fingerprint density at radius 1 is 1.15 bits per heavy atom. The molecule has 3 rings (SSSR count). The molecule has 26 heavy (non-hydrogen) atoms. The van der Waals surface area contributed by atoms with Gasteiger partial charge in [-0.2, -0.15) is 0 Å². The molecule has 134 valence electrons. The predicted octanol–water partition coefficient (Wildman–Crippen LogP) is 3.04. The first-order valence-corrected chi connectivity index (χ1v) is 9.10. The first-order chi connectivity index (χ1) is 12.4. The smallest absolute Gasteiger partial charge is 0.289 e. The molecule has 2 aromatic carbocycles. The molecule has 8 nitrogen and oxygen atoms in total. The van der Waals surface area contributed by atoms with Crippen molar-refractivity contribution in [3.63, 3.8) is 0 Å². The zero-order valence-electron chi connectivity index (χ0n) is 13.7. The fourth-order valence-corrected chi connectivity index (χ4v) is 3.97. The first kappa shape index (κ1) is 17.8. The van der Waals surface area contributed by atoms with Crippen molar-refractivity contribution in [3.05, 3.63) is 76.3 Å². The summed E-state index contributed by atoms with van der Waals surface area (Å²) < 4.78 is 33.0. The largest absolute Gasteiger partial charge is 0.443 e. The molecule has 0 saturated heterocycles. The van der Waals surface area contributed by atoms with Gasteiger partial charge in [-0.15, -0.1) is 0 Å². The van der Waals surface area contributed by atoms with E-state index >= 15 is 0 Å². The molecule has 0 aliphatic rings. The van der Waals surface area contributed by atoms with Gasteiger partial charge in [0.05, 0.1) is 11.5 Å². The topological polar surface area (TPSA) is 115 Å². The third-order valence-corrected chi connectivity index (χ3v) is 5.36. The molecule has 0 amide bonds. The molecule has 1 heterocycles. The number of benzene rings is 2. The van der Waals surface area contributed by atoms with E-state index in [9.17, 15) is 18.5 Å². The number of sulfonamides is 1. The number of aryl methyl sites for hydroxylation is 1. The highest BCUT2D eigenvalue weighted by atomic mass is 32.2. The van der Waals surface area contributed by atoms with Gasteiger partial charge in [0.2, 0.25) is 10.0 Å². The molecular formula is C17H15N3O5S.